The average Bonchev–Trinajstić information content (AvgIpc) is 2.53. The van der Waals surface area contributed by atoms with Crippen molar-refractivity contribution < 1.29 is 4.43 Å². The minimum atomic E-state index is -1.63. The van der Waals surface area contributed by atoms with Gasteiger partial charge in [0.2, 0.25) is 0 Å². The van der Waals surface area contributed by atoms with Crippen LogP contribution < -0.4 is 0 Å². The van der Waals surface area contributed by atoms with Crippen molar-refractivity contribution >= 4 is 8.32 Å². The molecule has 0 aromatic heterocycles. The third-order valence-corrected chi connectivity index (χ3v) is 10.7. The Morgan fingerprint density at radius 1 is 0.833 bits per heavy atom. The maximum Gasteiger partial charge on any atom is 0.192 e. The van der Waals surface area contributed by atoms with Gasteiger partial charge in [-0.1, -0.05) is 76.8 Å². The van der Waals surface area contributed by atoms with E-state index in [0.717, 1.165) is 5.92 Å². The van der Waals surface area contributed by atoms with Gasteiger partial charge in [-0.3, -0.25) is 0 Å². The maximum absolute atomic E-state index is 6.73. The van der Waals surface area contributed by atoms with Gasteiger partial charge in [-0.2, -0.15) is 0 Å². The average molecular weight is 347 g/mol. The van der Waals surface area contributed by atoms with Gasteiger partial charge in [-0.05, 0) is 55.3 Å². The van der Waals surface area contributed by atoms with Crippen molar-refractivity contribution in [2.75, 3.05) is 0 Å². The summed E-state index contributed by atoms with van der Waals surface area (Å²) in [5.41, 5.74) is 1.55. The van der Waals surface area contributed by atoms with Crippen LogP contribution in [0.25, 0.3) is 0 Å². The molecule has 0 atom stereocenters. The molecule has 0 heterocycles. The molecule has 1 saturated carbocycles. The van der Waals surface area contributed by atoms with E-state index in [2.05, 4.69) is 64.2 Å². The highest BCUT2D eigenvalue weighted by Gasteiger charge is 2.38. The second-order valence-electron chi connectivity index (χ2n) is 9.18. The van der Waals surface area contributed by atoms with Crippen molar-refractivity contribution in [3.63, 3.8) is 0 Å². The van der Waals surface area contributed by atoms with Crippen molar-refractivity contribution in [1.29, 1.82) is 0 Å². The number of benzene rings is 1. The zero-order valence-corrected chi connectivity index (χ0v) is 17.6. The first-order valence-corrected chi connectivity index (χ1v) is 12.9. The van der Waals surface area contributed by atoms with Crippen molar-refractivity contribution in [2.24, 2.45) is 0 Å². The van der Waals surface area contributed by atoms with Gasteiger partial charge in [0, 0.05) is 6.10 Å². The second-order valence-corrected chi connectivity index (χ2v) is 13.9. The van der Waals surface area contributed by atoms with Gasteiger partial charge in [-0.25, -0.2) is 0 Å². The second kappa shape index (κ2) is 8.67. The van der Waals surface area contributed by atoms with E-state index in [1.165, 1.54) is 51.4 Å². The monoisotopic (exact) mass is 346 g/mol. The summed E-state index contributed by atoms with van der Waals surface area (Å²) < 4.78 is 6.73. The van der Waals surface area contributed by atoms with E-state index in [9.17, 15) is 0 Å². The van der Waals surface area contributed by atoms with Crippen LogP contribution in [-0.2, 0) is 4.43 Å². The van der Waals surface area contributed by atoms with E-state index in [4.69, 9.17) is 4.43 Å². The lowest BCUT2D eigenvalue weighted by Crippen LogP contribution is -2.44. The number of rotatable bonds is 3. The highest BCUT2D eigenvalue weighted by atomic mass is 28.4. The highest BCUT2D eigenvalue weighted by molar-refractivity contribution is 6.74. The number of hydrogen-bond acceptors (Lipinski definition) is 1. The van der Waals surface area contributed by atoms with Crippen LogP contribution in [0.3, 0.4) is 0 Å². The molecular weight excluding hydrogens is 308 g/mol. The van der Waals surface area contributed by atoms with Crippen LogP contribution in [0.4, 0.5) is 0 Å². The van der Waals surface area contributed by atoms with Gasteiger partial charge in [0.1, 0.15) is 0 Å². The molecule has 1 nitrogen and oxygen atoms in total. The van der Waals surface area contributed by atoms with Gasteiger partial charge in [0.05, 0.1) is 0 Å². The summed E-state index contributed by atoms with van der Waals surface area (Å²) in [5, 5.41) is 0.320. The fraction of sp³-hybridized carbons (Fsp3) is 0.727. The Kier molecular flexibility index (Phi) is 7.12. The summed E-state index contributed by atoms with van der Waals surface area (Å²) in [6.07, 6.45) is 11.0. The lowest BCUT2D eigenvalue weighted by Gasteiger charge is -2.39. The van der Waals surface area contributed by atoms with Crippen LogP contribution in [0, 0.1) is 0 Å². The molecule has 0 radical (unpaired) electrons. The molecule has 0 amide bonds. The lowest BCUT2D eigenvalue weighted by atomic mass is 9.86. The van der Waals surface area contributed by atoms with E-state index in [0.29, 0.717) is 11.1 Å². The molecule has 0 N–H and O–H groups in total. The fourth-order valence-corrected chi connectivity index (χ4v) is 5.01. The quantitative estimate of drug-likeness (QED) is 0.522. The first-order valence-electron chi connectivity index (χ1n) is 10.0. The minimum absolute atomic E-state index is 0.320. The topological polar surface area (TPSA) is 9.23 Å². The molecule has 136 valence electrons. The van der Waals surface area contributed by atoms with Crippen LogP contribution >= 0.6 is 0 Å². The maximum atomic E-state index is 6.73. The first kappa shape index (κ1) is 19.7. The minimum Gasteiger partial charge on any atom is -0.414 e. The SMILES string of the molecule is CC(C)(C)[Si](C)(C)OC1CCCCC(c2ccccc2)CCCC1. The predicted octanol–water partition coefficient (Wildman–Crippen LogP) is 7.30. The highest BCUT2D eigenvalue weighted by Crippen LogP contribution is 2.39. The third kappa shape index (κ3) is 5.74. The van der Waals surface area contributed by atoms with Gasteiger partial charge < -0.3 is 4.43 Å². The summed E-state index contributed by atoms with van der Waals surface area (Å²) in [4.78, 5) is 0. The fourth-order valence-electron chi connectivity index (χ4n) is 3.58. The predicted molar refractivity (Wildman–Crippen MR) is 108 cm³/mol. The molecule has 1 aliphatic rings. The first-order chi connectivity index (χ1) is 11.3. The summed E-state index contributed by atoms with van der Waals surface area (Å²) >= 11 is 0. The van der Waals surface area contributed by atoms with Crippen LogP contribution in [-0.4, -0.2) is 14.4 Å². The smallest absolute Gasteiger partial charge is 0.192 e. The van der Waals surface area contributed by atoms with Crippen molar-refractivity contribution in [1.82, 2.24) is 0 Å². The summed E-state index contributed by atoms with van der Waals surface area (Å²) in [5.74, 6) is 0.768. The van der Waals surface area contributed by atoms with Crippen molar-refractivity contribution in [2.45, 2.75) is 102 Å². The van der Waals surface area contributed by atoms with E-state index < -0.39 is 8.32 Å². The Morgan fingerprint density at radius 3 is 1.83 bits per heavy atom. The largest absolute Gasteiger partial charge is 0.414 e. The zero-order valence-electron chi connectivity index (χ0n) is 16.6. The van der Waals surface area contributed by atoms with Gasteiger partial charge in [-0.15, -0.1) is 0 Å². The van der Waals surface area contributed by atoms with Gasteiger partial charge >= 0.3 is 0 Å². The summed E-state index contributed by atoms with van der Waals surface area (Å²) in [7, 11) is -1.63. The molecule has 1 aromatic rings. The van der Waals surface area contributed by atoms with E-state index in [1.807, 2.05) is 0 Å². The van der Waals surface area contributed by atoms with Crippen LogP contribution in [0.1, 0.15) is 83.6 Å². The van der Waals surface area contributed by atoms with Crippen molar-refractivity contribution in [3.05, 3.63) is 35.9 Å². The molecule has 1 aliphatic carbocycles. The van der Waals surface area contributed by atoms with Gasteiger partial charge in [0.25, 0.3) is 0 Å². The van der Waals surface area contributed by atoms with Crippen LogP contribution in [0.2, 0.25) is 18.1 Å². The Balaban J connectivity index is 1.89. The van der Waals surface area contributed by atoms with Crippen LogP contribution in [0.15, 0.2) is 30.3 Å². The molecule has 0 aliphatic heterocycles. The molecule has 1 aromatic carbocycles. The molecule has 0 saturated heterocycles. The summed E-state index contributed by atoms with van der Waals surface area (Å²) in [6.45, 7) is 11.9. The molecular formula is C22H38OSi. The molecule has 0 bridgehead atoms. The molecule has 1 fully saturated rings. The summed E-state index contributed by atoms with van der Waals surface area (Å²) in [6, 6.07) is 11.2. The lowest BCUT2D eigenvalue weighted by molar-refractivity contribution is 0.151. The standard InChI is InChI=1S/C22H38OSi/c1-22(2,3)24(4,5)23-21-17-11-9-15-20(16-10-12-18-21)19-13-7-6-8-14-19/h6-8,13-14,20-21H,9-12,15-18H2,1-5H3. The number of hydrogen-bond donors (Lipinski definition) is 0. The zero-order chi connectivity index (χ0) is 17.6. The molecule has 24 heavy (non-hydrogen) atoms. The van der Waals surface area contributed by atoms with E-state index in [-0.39, 0.29) is 0 Å². The molecule has 0 spiro atoms. The van der Waals surface area contributed by atoms with Gasteiger partial charge in [0.15, 0.2) is 8.32 Å². The molecule has 2 heteroatoms. The molecule has 2 rings (SSSR count). The Morgan fingerprint density at radius 2 is 1.33 bits per heavy atom. The Hall–Kier alpha value is -0.603. The Bertz CT molecular complexity index is 462. The van der Waals surface area contributed by atoms with Crippen molar-refractivity contribution in [3.8, 4) is 0 Å². The van der Waals surface area contributed by atoms with E-state index in [1.54, 1.807) is 5.56 Å². The van der Waals surface area contributed by atoms with E-state index >= 15 is 0 Å². The Labute approximate surface area is 151 Å². The normalized spacial score (nSPS) is 24.5. The third-order valence-electron chi connectivity index (χ3n) is 6.20. The van der Waals surface area contributed by atoms with Crippen LogP contribution in [0.5, 0.6) is 0 Å². The molecule has 0 unspecified atom stereocenters.